The van der Waals surface area contributed by atoms with E-state index < -0.39 is 47.7 Å². The van der Waals surface area contributed by atoms with Crippen molar-refractivity contribution in [1.29, 1.82) is 0 Å². The van der Waals surface area contributed by atoms with Crippen LogP contribution in [0.15, 0.2) is 24.3 Å². The summed E-state index contributed by atoms with van der Waals surface area (Å²) in [4.78, 5) is 59.0. The van der Waals surface area contributed by atoms with Gasteiger partial charge in [0.05, 0.1) is 14.2 Å². The summed E-state index contributed by atoms with van der Waals surface area (Å²) < 4.78 is 13.9. The van der Waals surface area contributed by atoms with Crippen LogP contribution in [0.5, 0.6) is 5.75 Å². The van der Waals surface area contributed by atoms with Crippen LogP contribution in [0.4, 0.5) is 0 Å². The third kappa shape index (κ3) is 5.79. The van der Waals surface area contributed by atoms with Crippen LogP contribution in [0.3, 0.4) is 0 Å². The first-order valence-electron chi connectivity index (χ1n) is 8.10. The molecule has 0 radical (unpaired) electrons. The minimum atomic E-state index is -1.60. The Balaban J connectivity index is 3.10. The summed E-state index contributed by atoms with van der Waals surface area (Å²) in [6.45, 7) is 2.49. The van der Waals surface area contributed by atoms with Crippen molar-refractivity contribution < 1.29 is 43.3 Å². The van der Waals surface area contributed by atoms with Crippen LogP contribution >= 0.6 is 0 Å². The van der Waals surface area contributed by atoms with Crippen LogP contribution in [-0.2, 0) is 28.7 Å². The summed E-state index contributed by atoms with van der Waals surface area (Å²) >= 11 is 0. The van der Waals surface area contributed by atoms with Crippen molar-refractivity contribution >= 4 is 29.8 Å². The molecule has 1 aromatic carbocycles. The van der Waals surface area contributed by atoms with Crippen molar-refractivity contribution in [3.8, 4) is 5.75 Å². The van der Waals surface area contributed by atoms with Gasteiger partial charge < -0.3 is 24.6 Å². The third-order valence-electron chi connectivity index (χ3n) is 3.87. The fourth-order valence-electron chi connectivity index (χ4n) is 2.48. The molecule has 0 aliphatic carbocycles. The number of aliphatic carboxylic acids is 1. The predicted molar refractivity (Wildman–Crippen MR) is 93.3 cm³/mol. The van der Waals surface area contributed by atoms with E-state index in [-0.39, 0.29) is 11.3 Å². The second-order valence-electron chi connectivity index (χ2n) is 5.79. The first-order chi connectivity index (χ1) is 13.1. The van der Waals surface area contributed by atoms with Crippen LogP contribution < -0.4 is 10.1 Å². The quantitative estimate of drug-likeness (QED) is 0.363. The Labute approximate surface area is 160 Å². The molecule has 0 fully saturated rings. The van der Waals surface area contributed by atoms with E-state index in [1.807, 2.05) is 0 Å². The molecule has 2 N–H and O–H groups in total. The predicted octanol–water partition coefficient (Wildman–Crippen LogP) is 0.393. The van der Waals surface area contributed by atoms with Gasteiger partial charge in [0, 0.05) is 18.4 Å². The molecule has 0 aliphatic heterocycles. The maximum absolute atomic E-state index is 12.5. The number of carbonyl (C=O) groups excluding carboxylic acids is 4. The molecule has 0 saturated carbocycles. The highest BCUT2D eigenvalue weighted by atomic mass is 16.5. The summed E-state index contributed by atoms with van der Waals surface area (Å²) in [7, 11) is 2.08. The number of esters is 3. The molecule has 0 aromatic heterocycles. The van der Waals surface area contributed by atoms with E-state index in [2.05, 4.69) is 14.8 Å². The number of nitrogens with one attached hydrogen (secondary N) is 1. The van der Waals surface area contributed by atoms with Gasteiger partial charge in [0.2, 0.25) is 0 Å². The first kappa shape index (κ1) is 22.6. The van der Waals surface area contributed by atoms with E-state index in [0.29, 0.717) is 0 Å². The van der Waals surface area contributed by atoms with Crippen LogP contribution in [0, 0.1) is 11.8 Å². The van der Waals surface area contributed by atoms with Crippen LogP contribution in [0.2, 0.25) is 0 Å². The second-order valence-corrected chi connectivity index (χ2v) is 5.79. The molecular weight excluding hydrogens is 374 g/mol. The van der Waals surface area contributed by atoms with E-state index in [9.17, 15) is 29.1 Å². The molecule has 0 aliphatic rings. The Morgan fingerprint density at radius 1 is 1.04 bits per heavy atom. The summed E-state index contributed by atoms with van der Waals surface area (Å²) in [5.41, 5.74) is 0.0184. The molecule has 152 valence electrons. The molecule has 0 unspecified atom stereocenters. The van der Waals surface area contributed by atoms with Gasteiger partial charge in [-0.1, -0.05) is 13.0 Å². The zero-order valence-corrected chi connectivity index (χ0v) is 15.8. The molecule has 0 bridgehead atoms. The molecule has 0 saturated heterocycles. The zero-order chi connectivity index (χ0) is 21.4. The van der Waals surface area contributed by atoms with Gasteiger partial charge >= 0.3 is 23.9 Å². The van der Waals surface area contributed by atoms with Gasteiger partial charge in [-0.15, -0.1) is 0 Å². The monoisotopic (exact) mass is 395 g/mol. The number of hydrogen-bond donors (Lipinski definition) is 2. The molecule has 1 aromatic rings. The summed E-state index contributed by atoms with van der Waals surface area (Å²) in [6, 6.07) is 3.91. The number of carbonyl (C=O) groups is 5. The highest BCUT2D eigenvalue weighted by Gasteiger charge is 2.42. The molecule has 10 nitrogen and oxygen atoms in total. The summed E-state index contributed by atoms with van der Waals surface area (Å²) in [6.07, 6.45) is 0. The summed E-state index contributed by atoms with van der Waals surface area (Å²) in [5, 5.41) is 11.7. The fourth-order valence-corrected chi connectivity index (χ4v) is 2.48. The third-order valence-corrected chi connectivity index (χ3v) is 3.87. The average molecular weight is 395 g/mol. The zero-order valence-electron chi connectivity index (χ0n) is 15.8. The lowest BCUT2D eigenvalue weighted by molar-refractivity contribution is -0.162. The van der Waals surface area contributed by atoms with Crippen molar-refractivity contribution in [2.24, 2.45) is 11.8 Å². The Kier molecular flexibility index (Phi) is 8.11. The lowest BCUT2D eigenvalue weighted by Gasteiger charge is -2.26. The molecule has 0 heterocycles. The molecule has 1 amide bonds. The number of amides is 1. The largest absolute Gasteiger partial charge is 0.480 e. The SMILES string of the molecule is COC(=O)C(C(=O)OC)[C@H](C)[C@@H](NC(=O)c1cccc(OC(C)=O)c1)C(=O)O. The number of carboxylic acid groups (broad SMARTS) is 1. The number of carboxylic acids is 1. The van der Waals surface area contributed by atoms with Crippen molar-refractivity contribution in [1.82, 2.24) is 5.32 Å². The highest BCUT2D eigenvalue weighted by molar-refractivity contribution is 5.99. The number of methoxy groups -OCH3 is 2. The van der Waals surface area contributed by atoms with Gasteiger partial charge in [0.25, 0.3) is 5.91 Å². The molecule has 1 rings (SSSR count). The van der Waals surface area contributed by atoms with Crippen LogP contribution in [-0.4, -0.2) is 55.2 Å². The first-order valence-corrected chi connectivity index (χ1v) is 8.10. The average Bonchev–Trinajstić information content (AvgIpc) is 2.64. The van der Waals surface area contributed by atoms with Crippen molar-refractivity contribution in [3.05, 3.63) is 29.8 Å². The molecule has 10 heteroatoms. The van der Waals surface area contributed by atoms with Crippen LogP contribution in [0.1, 0.15) is 24.2 Å². The minimum Gasteiger partial charge on any atom is -0.480 e. The van der Waals surface area contributed by atoms with E-state index in [4.69, 9.17) is 4.74 Å². The minimum absolute atomic E-state index is 0.0184. The van der Waals surface area contributed by atoms with E-state index >= 15 is 0 Å². The maximum Gasteiger partial charge on any atom is 0.326 e. The van der Waals surface area contributed by atoms with Gasteiger partial charge in [-0.25, -0.2) is 4.79 Å². The van der Waals surface area contributed by atoms with Gasteiger partial charge in [-0.2, -0.15) is 0 Å². The standard InChI is InChI=1S/C18H21NO9/c1-9(13(17(24)26-3)18(25)27-4)14(16(22)23)19-15(21)11-6-5-7-12(8-11)28-10(2)20/h5-9,13-14H,1-4H3,(H,19,21)(H,22,23)/t9-,14+/m0/s1. The second kappa shape index (κ2) is 10.0. The lowest BCUT2D eigenvalue weighted by atomic mass is 9.87. The van der Waals surface area contributed by atoms with E-state index in [1.54, 1.807) is 0 Å². The molecule has 28 heavy (non-hydrogen) atoms. The Bertz CT molecular complexity index is 758. The van der Waals surface area contributed by atoms with E-state index in [0.717, 1.165) is 14.2 Å². The Morgan fingerprint density at radius 3 is 2.07 bits per heavy atom. The van der Waals surface area contributed by atoms with Crippen molar-refractivity contribution in [2.75, 3.05) is 14.2 Å². The number of ether oxygens (including phenoxy) is 3. The van der Waals surface area contributed by atoms with Crippen LogP contribution in [0.25, 0.3) is 0 Å². The van der Waals surface area contributed by atoms with Gasteiger partial charge in [0.1, 0.15) is 11.8 Å². The maximum atomic E-state index is 12.5. The molecule has 0 spiro atoms. The van der Waals surface area contributed by atoms with Crippen molar-refractivity contribution in [3.63, 3.8) is 0 Å². The fraction of sp³-hybridized carbons (Fsp3) is 0.389. The number of hydrogen-bond acceptors (Lipinski definition) is 8. The van der Waals surface area contributed by atoms with Gasteiger partial charge in [-0.05, 0) is 18.2 Å². The highest BCUT2D eigenvalue weighted by Crippen LogP contribution is 2.21. The number of benzene rings is 1. The van der Waals surface area contributed by atoms with E-state index in [1.165, 1.54) is 38.1 Å². The normalized spacial score (nSPS) is 12.5. The summed E-state index contributed by atoms with van der Waals surface area (Å²) in [5.74, 6) is -7.47. The molecule has 2 atom stereocenters. The Hall–Kier alpha value is -3.43. The topological polar surface area (TPSA) is 145 Å². The Morgan fingerprint density at radius 2 is 1.61 bits per heavy atom. The van der Waals surface area contributed by atoms with Gasteiger partial charge in [0.15, 0.2) is 5.92 Å². The smallest absolute Gasteiger partial charge is 0.326 e. The van der Waals surface area contributed by atoms with Crippen molar-refractivity contribution in [2.45, 2.75) is 19.9 Å². The molecular formula is C18H21NO9. The lowest BCUT2D eigenvalue weighted by Crippen LogP contribution is -2.50. The number of rotatable bonds is 8. The van der Waals surface area contributed by atoms with Gasteiger partial charge in [-0.3, -0.25) is 19.2 Å².